The van der Waals surface area contributed by atoms with Gasteiger partial charge in [0.05, 0.1) is 0 Å². The summed E-state index contributed by atoms with van der Waals surface area (Å²) in [5, 5.41) is 1.46. The Hall–Kier alpha value is -0.200. The molecule has 0 saturated heterocycles. The maximum atomic E-state index is 6.03. The molecule has 0 unspecified atom stereocenters. The molecule has 0 heterocycles. The minimum absolute atomic E-state index is 0.156. The Bertz CT molecular complexity index is 322. The zero-order valence-electron chi connectivity index (χ0n) is 10.3. The molecule has 0 amide bonds. The predicted octanol–water partition coefficient (Wildman–Crippen LogP) is 5.85. The van der Waals surface area contributed by atoms with Gasteiger partial charge >= 0.3 is 0 Å². The largest absolute Gasteiger partial charge is 0.0843 e. The average Bonchev–Trinajstić information content (AvgIpc) is 2.16. The Labute approximate surface area is 109 Å². The molecule has 0 saturated carbocycles. The molecule has 0 bridgehead atoms. The van der Waals surface area contributed by atoms with Crippen LogP contribution in [-0.2, 0) is 5.41 Å². The molecule has 0 aliphatic heterocycles. The Morgan fingerprint density at radius 2 is 1.56 bits per heavy atom. The molecule has 0 N–H and O–H groups in total. The second-order valence-electron chi connectivity index (χ2n) is 5.00. The number of benzene rings is 1. The lowest BCUT2D eigenvalue weighted by atomic mass is 9.80. The van der Waals surface area contributed by atoms with Crippen LogP contribution in [0, 0.1) is 0 Å². The van der Waals surface area contributed by atoms with Gasteiger partial charge in [-0.05, 0) is 35.6 Å². The molecule has 0 aliphatic rings. The fourth-order valence-corrected chi connectivity index (χ4v) is 2.43. The third kappa shape index (κ3) is 3.99. The Morgan fingerprint density at radius 3 is 2.06 bits per heavy atom. The molecule has 0 atom stereocenters. The van der Waals surface area contributed by atoms with E-state index in [1.54, 1.807) is 6.07 Å². The normalized spacial score (nSPS) is 11.8. The summed E-state index contributed by atoms with van der Waals surface area (Å²) in [7, 11) is 0. The van der Waals surface area contributed by atoms with Crippen molar-refractivity contribution < 1.29 is 0 Å². The first-order chi connectivity index (χ1) is 7.45. The summed E-state index contributed by atoms with van der Waals surface area (Å²) in [5.41, 5.74) is 1.39. The maximum Gasteiger partial charge on any atom is 0.0423 e. The summed E-state index contributed by atoms with van der Waals surface area (Å²) in [4.78, 5) is 0. The number of halogens is 2. The lowest BCUT2D eigenvalue weighted by molar-refractivity contribution is 0.450. The van der Waals surface area contributed by atoms with E-state index in [-0.39, 0.29) is 5.41 Å². The molecule has 0 aliphatic carbocycles. The van der Waals surface area contributed by atoms with E-state index in [0.717, 1.165) is 10.0 Å². The topological polar surface area (TPSA) is 0 Å². The van der Waals surface area contributed by atoms with E-state index in [4.69, 9.17) is 23.2 Å². The van der Waals surface area contributed by atoms with Crippen molar-refractivity contribution in [3.63, 3.8) is 0 Å². The lowest BCUT2D eigenvalue weighted by Crippen LogP contribution is -2.16. The van der Waals surface area contributed by atoms with Gasteiger partial charge in [-0.1, -0.05) is 63.2 Å². The molecule has 0 fully saturated rings. The highest BCUT2D eigenvalue weighted by Gasteiger charge is 2.20. The molecular formula is C14H20Cl2. The van der Waals surface area contributed by atoms with Crippen molar-refractivity contribution >= 4 is 23.2 Å². The van der Waals surface area contributed by atoms with Crippen LogP contribution in [0.4, 0.5) is 0 Å². The summed E-state index contributed by atoms with van der Waals surface area (Å²) in [6.07, 6.45) is 4.98. The molecule has 1 rings (SSSR count). The Kier molecular flexibility index (Phi) is 5.14. The highest BCUT2D eigenvalue weighted by molar-refractivity contribution is 6.34. The van der Waals surface area contributed by atoms with E-state index >= 15 is 0 Å². The van der Waals surface area contributed by atoms with Crippen LogP contribution < -0.4 is 0 Å². The molecule has 16 heavy (non-hydrogen) atoms. The van der Waals surface area contributed by atoms with Gasteiger partial charge in [-0.15, -0.1) is 0 Å². The summed E-state index contributed by atoms with van der Waals surface area (Å²) in [6.45, 7) is 6.73. The van der Waals surface area contributed by atoms with Crippen LogP contribution in [0.25, 0.3) is 0 Å². The summed E-state index contributed by atoms with van der Waals surface area (Å²) >= 11 is 12.1. The van der Waals surface area contributed by atoms with Gasteiger partial charge in [-0.2, -0.15) is 0 Å². The van der Waals surface area contributed by atoms with Gasteiger partial charge in [-0.3, -0.25) is 0 Å². The molecule has 1 aromatic rings. The van der Waals surface area contributed by atoms with Gasteiger partial charge in [0.1, 0.15) is 0 Å². The number of unbranched alkanes of at least 4 members (excludes halogenated alkanes) is 2. The molecule has 0 spiro atoms. The third-order valence-corrected chi connectivity index (χ3v) is 3.49. The maximum absolute atomic E-state index is 6.03. The van der Waals surface area contributed by atoms with E-state index in [9.17, 15) is 0 Å². The van der Waals surface area contributed by atoms with Gasteiger partial charge < -0.3 is 0 Å². The summed E-state index contributed by atoms with van der Waals surface area (Å²) in [5.74, 6) is 0. The fraction of sp³-hybridized carbons (Fsp3) is 0.571. The standard InChI is InChI=1S/C14H20Cl2/c1-4-5-6-7-14(2,3)11-8-12(15)10-13(16)9-11/h8-10H,4-7H2,1-3H3. The molecular weight excluding hydrogens is 239 g/mol. The van der Waals surface area contributed by atoms with E-state index in [1.165, 1.54) is 31.2 Å². The van der Waals surface area contributed by atoms with Crippen molar-refractivity contribution in [3.05, 3.63) is 33.8 Å². The average molecular weight is 259 g/mol. The molecule has 2 heteroatoms. The van der Waals surface area contributed by atoms with E-state index in [0.29, 0.717) is 0 Å². The van der Waals surface area contributed by atoms with Crippen LogP contribution in [0.5, 0.6) is 0 Å². The highest BCUT2D eigenvalue weighted by Crippen LogP contribution is 2.32. The van der Waals surface area contributed by atoms with E-state index in [2.05, 4.69) is 20.8 Å². The lowest BCUT2D eigenvalue weighted by Gasteiger charge is -2.25. The predicted molar refractivity (Wildman–Crippen MR) is 73.6 cm³/mol. The summed E-state index contributed by atoms with van der Waals surface area (Å²) in [6, 6.07) is 5.84. The van der Waals surface area contributed by atoms with Gasteiger partial charge in [0.15, 0.2) is 0 Å². The van der Waals surface area contributed by atoms with E-state index in [1.807, 2.05) is 12.1 Å². The van der Waals surface area contributed by atoms with Crippen molar-refractivity contribution in [3.8, 4) is 0 Å². The fourth-order valence-electron chi connectivity index (χ4n) is 1.91. The van der Waals surface area contributed by atoms with Gasteiger partial charge in [0, 0.05) is 10.0 Å². The third-order valence-electron chi connectivity index (χ3n) is 3.05. The Morgan fingerprint density at radius 1 is 1.00 bits per heavy atom. The SMILES string of the molecule is CCCCCC(C)(C)c1cc(Cl)cc(Cl)c1. The van der Waals surface area contributed by atoms with Crippen molar-refractivity contribution in [1.29, 1.82) is 0 Å². The molecule has 1 aromatic carbocycles. The molecule has 0 nitrogen and oxygen atoms in total. The van der Waals surface area contributed by atoms with Crippen LogP contribution in [0.15, 0.2) is 18.2 Å². The minimum atomic E-state index is 0.156. The van der Waals surface area contributed by atoms with Crippen molar-refractivity contribution in [2.24, 2.45) is 0 Å². The second-order valence-corrected chi connectivity index (χ2v) is 5.87. The van der Waals surface area contributed by atoms with Crippen LogP contribution in [0.3, 0.4) is 0 Å². The van der Waals surface area contributed by atoms with Crippen molar-refractivity contribution in [1.82, 2.24) is 0 Å². The highest BCUT2D eigenvalue weighted by atomic mass is 35.5. The second kappa shape index (κ2) is 5.93. The molecule has 0 aromatic heterocycles. The van der Waals surface area contributed by atoms with Crippen LogP contribution in [0.1, 0.15) is 52.0 Å². The van der Waals surface area contributed by atoms with Crippen molar-refractivity contribution in [2.45, 2.75) is 51.9 Å². The number of rotatable bonds is 5. The smallest absolute Gasteiger partial charge is 0.0423 e. The first kappa shape index (κ1) is 13.9. The van der Waals surface area contributed by atoms with Crippen molar-refractivity contribution in [2.75, 3.05) is 0 Å². The zero-order valence-corrected chi connectivity index (χ0v) is 11.8. The molecule has 0 radical (unpaired) electrons. The number of hydrogen-bond donors (Lipinski definition) is 0. The van der Waals surface area contributed by atoms with Crippen LogP contribution in [-0.4, -0.2) is 0 Å². The number of hydrogen-bond acceptors (Lipinski definition) is 0. The van der Waals surface area contributed by atoms with Crippen LogP contribution >= 0.6 is 23.2 Å². The monoisotopic (exact) mass is 258 g/mol. The minimum Gasteiger partial charge on any atom is -0.0843 e. The van der Waals surface area contributed by atoms with Gasteiger partial charge in [0.25, 0.3) is 0 Å². The Balaban J connectivity index is 2.80. The first-order valence-electron chi connectivity index (χ1n) is 5.92. The summed E-state index contributed by atoms with van der Waals surface area (Å²) < 4.78 is 0. The molecule has 90 valence electrons. The first-order valence-corrected chi connectivity index (χ1v) is 6.68. The van der Waals surface area contributed by atoms with Gasteiger partial charge in [-0.25, -0.2) is 0 Å². The zero-order chi connectivity index (χ0) is 12.2. The van der Waals surface area contributed by atoms with Crippen LogP contribution in [0.2, 0.25) is 10.0 Å². The van der Waals surface area contributed by atoms with E-state index < -0.39 is 0 Å². The van der Waals surface area contributed by atoms with Gasteiger partial charge in [0.2, 0.25) is 0 Å². The quantitative estimate of drug-likeness (QED) is 0.582.